The van der Waals surface area contributed by atoms with Crippen LogP contribution in [0, 0.1) is 5.41 Å². The second-order valence-corrected chi connectivity index (χ2v) is 10.0. The van der Waals surface area contributed by atoms with E-state index < -0.39 is 10.0 Å². The second kappa shape index (κ2) is 6.84. The van der Waals surface area contributed by atoms with Crippen LogP contribution in [0.2, 0.25) is 0 Å². The zero-order valence-corrected chi connectivity index (χ0v) is 16.1. The molecule has 134 valence electrons. The molecule has 2 rings (SSSR count). The number of likely N-dealkylation sites (tertiary alicyclic amines) is 1. The Hall–Kier alpha value is -1.40. The maximum atomic E-state index is 12.9. The number of nitrogens with zero attached hydrogens (tertiary/aromatic N) is 2. The molecule has 24 heavy (non-hydrogen) atoms. The number of sulfonamides is 1. The van der Waals surface area contributed by atoms with Crippen LogP contribution >= 0.6 is 0 Å². The second-order valence-electron chi connectivity index (χ2n) is 7.87. The van der Waals surface area contributed by atoms with E-state index in [9.17, 15) is 13.2 Å². The summed E-state index contributed by atoms with van der Waals surface area (Å²) in [4.78, 5) is 15.0. The molecule has 0 spiro atoms. The quantitative estimate of drug-likeness (QED) is 0.837. The smallest absolute Gasteiger partial charge is 0.254 e. The van der Waals surface area contributed by atoms with Gasteiger partial charge >= 0.3 is 0 Å². The first-order chi connectivity index (χ1) is 11.0. The maximum absolute atomic E-state index is 12.9. The molecule has 1 saturated heterocycles. The van der Waals surface area contributed by atoms with Crippen molar-refractivity contribution >= 4 is 15.9 Å². The van der Waals surface area contributed by atoms with Crippen LogP contribution in [-0.2, 0) is 10.0 Å². The summed E-state index contributed by atoms with van der Waals surface area (Å²) in [5.41, 5.74) is 0.600. The molecule has 1 aromatic rings. The normalized spacial score (nSPS) is 19.1. The highest BCUT2D eigenvalue weighted by Gasteiger charge is 2.32. The number of carbonyl (C=O) groups excluding carboxylic acids is 1. The van der Waals surface area contributed by atoms with Gasteiger partial charge in [-0.05, 0) is 42.9 Å². The van der Waals surface area contributed by atoms with Crippen molar-refractivity contribution in [1.82, 2.24) is 9.21 Å². The van der Waals surface area contributed by atoms with E-state index in [0.29, 0.717) is 5.56 Å². The van der Waals surface area contributed by atoms with Gasteiger partial charge in [-0.1, -0.05) is 26.8 Å². The van der Waals surface area contributed by atoms with Crippen LogP contribution in [-0.4, -0.2) is 50.2 Å². The lowest BCUT2D eigenvalue weighted by Gasteiger charge is -2.30. The van der Waals surface area contributed by atoms with Crippen LogP contribution in [0.4, 0.5) is 0 Å². The average Bonchev–Trinajstić information content (AvgIpc) is 2.92. The largest absolute Gasteiger partial charge is 0.336 e. The summed E-state index contributed by atoms with van der Waals surface area (Å²) in [6, 6.07) is 6.58. The molecule has 1 fully saturated rings. The van der Waals surface area contributed by atoms with Gasteiger partial charge in [-0.3, -0.25) is 4.79 Å². The first-order valence-corrected chi connectivity index (χ1v) is 9.80. The van der Waals surface area contributed by atoms with Crippen LogP contribution in [0.1, 0.15) is 50.4 Å². The molecule has 5 nitrogen and oxygen atoms in total. The predicted octanol–water partition coefficient (Wildman–Crippen LogP) is 2.98. The number of hydrogen-bond acceptors (Lipinski definition) is 3. The predicted molar refractivity (Wildman–Crippen MR) is 95.4 cm³/mol. The van der Waals surface area contributed by atoms with Gasteiger partial charge in [0.05, 0.1) is 4.90 Å². The van der Waals surface area contributed by atoms with Crippen molar-refractivity contribution in [1.29, 1.82) is 0 Å². The molecular weight excluding hydrogens is 324 g/mol. The summed E-state index contributed by atoms with van der Waals surface area (Å²) in [7, 11) is -0.557. The highest BCUT2D eigenvalue weighted by Crippen LogP contribution is 2.31. The van der Waals surface area contributed by atoms with Gasteiger partial charge in [0.25, 0.3) is 5.91 Å². The Balaban J connectivity index is 2.27. The maximum Gasteiger partial charge on any atom is 0.254 e. The van der Waals surface area contributed by atoms with Crippen LogP contribution in [0.5, 0.6) is 0 Å². The molecule has 0 saturated carbocycles. The van der Waals surface area contributed by atoms with Crippen LogP contribution < -0.4 is 0 Å². The summed E-state index contributed by atoms with van der Waals surface area (Å²) in [5, 5.41) is 0. The van der Waals surface area contributed by atoms with E-state index in [1.807, 2.05) is 4.90 Å². The summed E-state index contributed by atoms with van der Waals surface area (Å²) < 4.78 is 25.7. The molecule has 1 amide bonds. The molecule has 1 heterocycles. The molecular formula is C18H28N2O3S. The Morgan fingerprint density at radius 2 is 1.96 bits per heavy atom. The number of amides is 1. The van der Waals surface area contributed by atoms with E-state index in [2.05, 4.69) is 20.8 Å². The van der Waals surface area contributed by atoms with Gasteiger partial charge in [0.2, 0.25) is 10.0 Å². The minimum absolute atomic E-state index is 0.0717. The molecule has 0 aromatic heterocycles. The van der Waals surface area contributed by atoms with Crippen molar-refractivity contribution in [3.8, 4) is 0 Å². The first-order valence-electron chi connectivity index (χ1n) is 8.36. The molecule has 1 unspecified atom stereocenters. The molecule has 0 N–H and O–H groups in total. The standard InChI is InChI=1S/C18H28N2O3S/c1-18(2,3)13-15-9-7-11-20(15)17(21)14-8-6-10-16(12-14)24(22,23)19(4)5/h6,8,10,12,15H,7,9,11,13H2,1-5H3. The van der Waals surface area contributed by atoms with Gasteiger partial charge in [0, 0.05) is 32.2 Å². The van der Waals surface area contributed by atoms with E-state index in [1.54, 1.807) is 12.1 Å². The third-order valence-corrected chi connectivity index (χ3v) is 6.16. The van der Waals surface area contributed by atoms with Crippen molar-refractivity contribution in [2.45, 2.75) is 51.0 Å². The molecule has 1 aliphatic heterocycles. The van der Waals surface area contributed by atoms with Crippen molar-refractivity contribution in [2.75, 3.05) is 20.6 Å². The van der Waals surface area contributed by atoms with Crippen LogP contribution in [0.3, 0.4) is 0 Å². The Bertz CT molecular complexity index is 705. The third kappa shape index (κ3) is 4.16. The Kier molecular flexibility index (Phi) is 5.40. The summed E-state index contributed by atoms with van der Waals surface area (Å²) in [6.07, 6.45) is 2.97. The van der Waals surface area contributed by atoms with E-state index >= 15 is 0 Å². The molecule has 6 heteroatoms. The topological polar surface area (TPSA) is 57.7 Å². The fourth-order valence-electron chi connectivity index (χ4n) is 3.19. The molecule has 1 aliphatic rings. The number of benzene rings is 1. The zero-order valence-electron chi connectivity index (χ0n) is 15.2. The Morgan fingerprint density at radius 3 is 2.54 bits per heavy atom. The highest BCUT2D eigenvalue weighted by molar-refractivity contribution is 7.89. The van der Waals surface area contributed by atoms with Gasteiger partial charge in [-0.2, -0.15) is 0 Å². The number of hydrogen-bond donors (Lipinski definition) is 0. The average molecular weight is 353 g/mol. The minimum Gasteiger partial charge on any atom is -0.336 e. The van der Waals surface area contributed by atoms with Gasteiger partial charge in [-0.25, -0.2) is 12.7 Å². The number of carbonyl (C=O) groups is 1. The lowest BCUT2D eigenvalue weighted by Crippen LogP contribution is -2.37. The third-order valence-electron chi connectivity index (χ3n) is 4.35. The van der Waals surface area contributed by atoms with Crippen LogP contribution in [0.15, 0.2) is 29.2 Å². The fourth-order valence-corrected chi connectivity index (χ4v) is 4.14. The van der Waals surface area contributed by atoms with Crippen molar-refractivity contribution in [2.24, 2.45) is 5.41 Å². The minimum atomic E-state index is -3.54. The monoisotopic (exact) mass is 352 g/mol. The van der Waals surface area contributed by atoms with Crippen molar-refractivity contribution < 1.29 is 13.2 Å². The summed E-state index contributed by atoms with van der Waals surface area (Å²) in [6.45, 7) is 7.28. The molecule has 0 bridgehead atoms. The summed E-state index contributed by atoms with van der Waals surface area (Å²) in [5.74, 6) is -0.0717. The van der Waals surface area contributed by atoms with Crippen LogP contribution in [0.25, 0.3) is 0 Å². The molecule has 1 atom stereocenters. The van der Waals surface area contributed by atoms with E-state index in [1.165, 1.54) is 26.2 Å². The number of rotatable bonds is 4. The lowest BCUT2D eigenvalue weighted by atomic mass is 9.87. The zero-order chi connectivity index (χ0) is 18.1. The van der Waals surface area contributed by atoms with E-state index in [-0.39, 0.29) is 22.3 Å². The Morgan fingerprint density at radius 1 is 1.29 bits per heavy atom. The highest BCUT2D eigenvalue weighted by atomic mass is 32.2. The summed E-state index contributed by atoms with van der Waals surface area (Å²) >= 11 is 0. The fraction of sp³-hybridized carbons (Fsp3) is 0.611. The molecule has 0 radical (unpaired) electrons. The van der Waals surface area contributed by atoms with Crippen molar-refractivity contribution in [3.05, 3.63) is 29.8 Å². The lowest BCUT2D eigenvalue weighted by molar-refractivity contribution is 0.0704. The van der Waals surface area contributed by atoms with Gasteiger partial charge in [0.1, 0.15) is 0 Å². The van der Waals surface area contributed by atoms with Crippen molar-refractivity contribution in [3.63, 3.8) is 0 Å². The van der Waals surface area contributed by atoms with Gasteiger partial charge in [0.15, 0.2) is 0 Å². The molecule has 0 aliphatic carbocycles. The van der Waals surface area contributed by atoms with E-state index in [0.717, 1.165) is 30.1 Å². The molecule has 1 aromatic carbocycles. The van der Waals surface area contributed by atoms with Gasteiger partial charge in [-0.15, -0.1) is 0 Å². The SMILES string of the molecule is CN(C)S(=O)(=O)c1cccc(C(=O)N2CCCC2CC(C)(C)C)c1. The van der Waals surface area contributed by atoms with Gasteiger partial charge < -0.3 is 4.90 Å². The first kappa shape index (κ1) is 18.9. The Labute approximate surface area is 145 Å². The van der Waals surface area contributed by atoms with E-state index in [4.69, 9.17) is 0 Å².